The van der Waals surface area contributed by atoms with Gasteiger partial charge >= 0.3 is 7.82 Å². The maximum Gasteiger partial charge on any atom is 0.474 e. The molecule has 0 aliphatic carbocycles. The molecular formula is C21H37O4P. The summed E-state index contributed by atoms with van der Waals surface area (Å²) >= 11 is 0. The molecule has 0 amide bonds. The van der Waals surface area contributed by atoms with Crippen LogP contribution >= 0.6 is 7.82 Å². The van der Waals surface area contributed by atoms with Gasteiger partial charge in [0.25, 0.3) is 0 Å². The van der Waals surface area contributed by atoms with Crippen LogP contribution in [0.15, 0.2) is 18.2 Å². The summed E-state index contributed by atoms with van der Waals surface area (Å²) in [5.41, 5.74) is 4.30. The van der Waals surface area contributed by atoms with Crippen LogP contribution in [0.5, 0.6) is 0 Å². The smallest absolute Gasteiger partial charge is 0.290 e. The highest BCUT2D eigenvalue weighted by Crippen LogP contribution is 2.47. The van der Waals surface area contributed by atoms with E-state index in [-0.39, 0.29) is 0 Å². The number of phosphoric ester groups is 1. The number of aryl methyl sites for hydroxylation is 3. The first-order valence-corrected chi connectivity index (χ1v) is 11.5. The van der Waals surface area contributed by atoms with E-state index in [0.29, 0.717) is 6.61 Å². The maximum absolute atomic E-state index is 11.9. The minimum absolute atomic E-state index is 0.367. The van der Waals surface area contributed by atoms with Crippen LogP contribution < -0.4 is 0 Å². The van der Waals surface area contributed by atoms with Gasteiger partial charge in [-0.05, 0) is 55.2 Å². The molecule has 26 heavy (non-hydrogen) atoms. The van der Waals surface area contributed by atoms with Crippen molar-refractivity contribution >= 4 is 7.82 Å². The van der Waals surface area contributed by atoms with Crippen molar-refractivity contribution in [3.05, 3.63) is 34.9 Å². The SMILES string of the molecule is CCCCCc1ccc(CCCOP(=O)(OC)OC)c(CCCCC)c1. The van der Waals surface area contributed by atoms with E-state index >= 15 is 0 Å². The summed E-state index contributed by atoms with van der Waals surface area (Å²) < 4.78 is 26.8. The summed E-state index contributed by atoms with van der Waals surface area (Å²) in [7, 11) is -0.678. The molecule has 0 spiro atoms. The maximum atomic E-state index is 11.9. The lowest BCUT2D eigenvalue weighted by Gasteiger charge is -2.15. The van der Waals surface area contributed by atoms with Gasteiger partial charge in [0.1, 0.15) is 0 Å². The van der Waals surface area contributed by atoms with Crippen molar-refractivity contribution < 1.29 is 18.1 Å². The summed E-state index contributed by atoms with van der Waals surface area (Å²) in [6.07, 6.45) is 11.6. The monoisotopic (exact) mass is 384 g/mol. The first-order chi connectivity index (χ1) is 12.6. The van der Waals surface area contributed by atoms with Crippen LogP contribution in [0.4, 0.5) is 0 Å². The van der Waals surface area contributed by atoms with Gasteiger partial charge < -0.3 is 0 Å². The Morgan fingerprint density at radius 1 is 0.808 bits per heavy atom. The van der Waals surface area contributed by atoms with E-state index < -0.39 is 7.82 Å². The lowest BCUT2D eigenvalue weighted by Crippen LogP contribution is -2.02. The first-order valence-electron chi connectivity index (χ1n) is 10.0. The molecule has 0 unspecified atom stereocenters. The standard InChI is InChI=1S/C21H37O4P/c1-5-7-9-12-19-15-16-20(21(18-19)13-10-8-6-2)14-11-17-25-26(22,23-3)24-4/h15-16,18H,5-14,17H2,1-4H3. The third-order valence-electron chi connectivity index (χ3n) is 4.68. The molecule has 0 N–H and O–H groups in total. The molecule has 0 aromatic heterocycles. The van der Waals surface area contributed by atoms with E-state index in [1.807, 2.05) is 0 Å². The Morgan fingerprint density at radius 3 is 2.04 bits per heavy atom. The summed E-state index contributed by atoms with van der Waals surface area (Å²) in [4.78, 5) is 0. The predicted octanol–water partition coefficient (Wildman–Crippen LogP) is 6.50. The molecule has 0 atom stereocenters. The lowest BCUT2D eigenvalue weighted by atomic mass is 9.94. The minimum atomic E-state index is -3.36. The highest BCUT2D eigenvalue weighted by atomic mass is 31.2. The quantitative estimate of drug-likeness (QED) is 0.256. The Balaban J connectivity index is 2.64. The van der Waals surface area contributed by atoms with Crippen molar-refractivity contribution in [1.29, 1.82) is 0 Å². The zero-order chi connectivity index (χ0) is 19.3. The average Bonchev–Trinajstić information content (AvgIpc) is 2.66. The predicted molar refractivity (Wildman–Crippen MR) is 109 cm³/mol. The molecule has 1 aromatic rings. The van der Waals surface area contributed by atoms with Gasteiger partial charge in [0.05, 0.1) is 6.61 Å². The topological polar surface area (TPSA) is 44.8 Å². The van der Waals surface area contributed by atoms with Crippen LogP contribution in [-0.4, -0.2) is 20.8 Å². The van der Waals surface area contributed by atoms with Crippen molar-refractivity contribution in [3.63, 3.8) is 0 Å². The molecule has 1 rings (SSSR count). The van der Waals surface area contributed by atoms with Crippen LogP contribution in [0.3, 0.4) is 0 Å². The van der Waals surface area contributed by atoms with Crippen LogP contribution in [0.2, 0.25) is 0 Å². The highest BCUT2D eigenvalue weighted by molar-refractivity contribution is 7.48. The Morgan fingerprint density at radius 2 is 1.42 bits per heavy atom. The van der Waals surface area contributed by atoms with Crippen LogP contribution in [-0.2, 0) is 37.4 Å². The molecule has 0 radical (unpaired) electrons. The van der Waals surface area contributed by atoms with Crippen LogP contribution in [0, 0.1) is 0 Å². The summed E-state index contributed by atoms with van der Waals surface area (Å²) in [5, 5.41) is 0. The second-order valence-corrected chi connectivity index (χ2v) is 8.65. The number of phosphoric acid groups is 1. The van der Waals surface area contributed by atoms with E-state index in [1.54, 1.807) is 0 Å². The largest absolute Gasteiger partial charge is 0.474 e. The van der Waals surface area contributed by atoms with E-state index in [4.69, 9.17) is 13.6 Å². The van der Waals surface area contributed by atoms with Crippen molar-refractivity contribution in [3.8, 4) is 0 Å². The number of benzene rings is 1. The van der Waals surface area contributed by atoms with Gasteiger partial charge in [-0.25, -0.2) is 4.57 Å². The Bertz CT molecular complexity index is 537. The molecule has 0 heterocycles. The number of hydrogen-bond donors (Lipinski definition) is 0. The summed E-state index contributed by atoms with van der Waals surface area (Å²) in [6.45, 7) is 4.85. The molecule has 0 saturated carbocycles. The number of rotatable bonds is 15. The molecule has 150 valence electrons. The minimum Gasteiger partial charge on any atom is -0.290 e. The van der Waals surface area contributed by atoms with E-state index in [1.165, 1.54) is 75.9 Å². The number of hydrogen-bond acceptors (Lipinski definition) is 4. The van der Waals surface area contributed by atoms with Gasteiger partial charge in [0.15, 0.2) is 0 Å². The van der Waals surface area contributed by atoms with E-state index in [0.717, 1.165) is 19.3 Å². The molecular weight excluding hydrogens is 347 g/mol. The van der Waals surface area contributed by atoms with Crippen molar-refractivity contribution in [2.45, 2.75) is 78.1 Å². The number of unbranched alkanes of at least 4 members (excludes halogenated alkanes) is 4. The van der Waals surface area contributed by atoms with Crippen molar-refractivity contribution in [1.82, 2.24) is 0 Å². The van der Waals surface area contributed by atoms with Gasteiger partial charge in [-0.1, -0.05) is 57.7 Å². The molecule has 0 saturated heterocycles. The molecule has 0 aliphatic rings. The highest BCUT2D eigenvalue weighted by Gasteiger charge is 2.21. The molecule has 4 nitrogen and oxygen atoms in total. The molecule has 0 aliphatic heterocycles. The molecule has 0 fully saturated rings. The summed E-state index contributed by atoms with van der Waals surface area (Å²) in [6, 6.07) is 6.94. The first kappa shape index (κ1) is 23.4. The Hall–Kier alpha value is -0.670. The fraction of sp³-hybridized carbons (Fsp3) is 0.714. The zero-order valence-corrected chi connectivity index (χ0v) is 18.0. The third-order valence-corrected chi connectivity index (χ3v) is 6.07. The average molecular weight is 384 g/mol. The summed E-state index contributed by atoms with van der Waals surface area (Å²) in [5.74, 6) is 0. The van der Waals surface area contributed by atoms with Gasteiger partial charge in [-0.15, -0.1) is 0 Å². The van der Waals surface area contributed by atoms with Gasteiger partial charge in [-0.3, -0.25) is 13.6 Å². The second-order valence-electron chi connectivity index (χ2n) is 6.77. The van der Waals surface area contributed by atoms with E-state index in [9.17, 15) is 4.57 Å². The molecule has 1 aromatic carbocycles. The normalized spacial score (nSPS) is 11.8. The van der Waals surface area contributed by atoms with Gasteiger partial charge in [-0.2, -0.15) is 0 Å². The van der Waals surface area contributed by atoms with Crippen molar-refractivity contribution in [2.75, 3.05) is 20.8 Å². The second kappa shape index (κ2) is 13.5. The van der Waals surface area contributed by atoms with Crippen LogP contribution in [0.1, 0.15) is 75.5 Å². The molecule has 5 heteroatoms. The van der Waals surface area contributed by atoms with Crippen molar-refractivity contribution in [2.24, 2.45) is 0 Å². The third kappa shape index (κ3) is 8.81. The van der Waals surface area contributed by atoms with Gasteiger partial charge in [0.2, 0.25) is 0 Å². The Labute approximate surface area is 160 Å². The van der Waals surface area contributed by atoms with Gasteiger partial charge in [0, 0.05) is 14.2 Å². The van der Waals surface area contributed by atoms with Crippen LogP contribution in [0.25, 0.3) is 0 Å². The zero-order valence-electron chi connectivity index (χ0n) is 17.1. The van der Waals surface area contributed by atoms with E-state index in [2.05, 4.69) is 32.0 Å². The fourth-order valence-electron chi connectivity index (χ4n) is 3.07. The lowest BCUT2D eigenvalue weighted by molar-refractivity contribution is 0.151. The fourth-order valence-corrected chi connectivity index (χ4v) is 3.79. The Kier molecular flexibility index (Phi) is 12.1. The molecule has 0 bridgehead atoms.